The van der Waals surface area contributed by atoms with Crippen molar-refractivity contribution in [2.24, 2.45) is 0 Å². The molecule has 11 heavy (non-hydrogen) atoms. The quantitative estimate of drug-likeness (QED) is 0.673. The van der Waals surface area contributed by atoms with E-state index in [1.165, 1.54) is 6.92 Å². The van der Waals surface area contributed by atoms with E-state index in [0.717, 1.165) is 25.7 Å². The molecule has 0 bridgehead atoms. The summed E-state index contributed by atoms with van der Waals surface area (Å²) in [5.74, 6) is -0.00361. The molecule has 0 aromatic rings. The largest absolute Gasteiger partial charge is 0.668 e. The second-order valence-corrected chi connectivity index (χ2v) is 2.66. The molecule has 0 rings (SSSR count). The third-order valence-corrected chi connectivity index (χ3v) is 1.59. The Kier molecular flexibility index (Phi) is 11.5. The predicted octanol–water partition coefficient (Wildman–Crippen LogP) is 2.82. The summed E-state index contributed by atoms with van der Waals surface area (Å²) in [7, 11) is 0. The van der Waals surface area contributed by atoms with Gasteiger partial charge in [-0.2, -0.15) is 0 Å². The molecule has 1 N–H and O–H groups in total. The Bertz CT molecular complexity index is 111. The first kappa shape index (κ1) is 14.3. The minimum atomic E-state index is -0.466. The molecule has 0 saturated heterocycles. The molecule has 0 aliphatic carbocycles. The SMILES string of the molecule is CCCCCC([NH-])C(C)=O.[HH].[Y]. The molecule has 0 spiro atoms. The number of ketones is 1. The number of nitrogens with one attached hydrogen (secondary N) is 1. The van der Waals surface area contributed by atoms with Gasteiger partial charge in [0.25, 0.3) is 0 Å². The van der Waals surface area contributed by atoms with Crippen LogP contribution in [0.4, 0.5) is 0 Å². The fourth-order valence-electron chi connectivity index (χ4n) is 0.802. The van der Waals surface area contributed by atoms with Crippen LogP contribution in [0.1, 0.15) is 41.0 Å². The molecule has 0 amide bonds. The Morgan fingerprint density at radius 1 is 1.55 bits per heavy atom. The molecule has 1 radical (unpaired) electrons. The van der Waals surface area contributed by atoms with E-state index >= 15 is 0 Å². The van der Waals surface area contributed by atoms with Crippen molar-refractivity contribution in [2.45, 2.75) is 45.6 Å². The predicted molar refractivity (Wildman–Crippen MR) is 45.0 cm³/mol. The van der Waals surface area contributed by atoms with E-state index in [4.69, 9.17) is 5.73 Å². The van der Waals surface area contributed by atoms with Crippen molar-refractivity contribution < 1.29 is 38.9 Å². The van der Waals surface area contributed by atoms with Crippen LogP contribution in [-0.2, 0) is 37.5 Å². The summed E-state index contributed by atoms with van der Waals surface area (Å²) in [6, 6.07) is -0.466. The maximum atomic E-state index is 10.6. The van der Waals surface area contributed by atoms with Crippen LogP contribution in [0.3, 0.4) is 0 Å². The molecule has 0 aliphatic heterocycles. The van der Waals surface area contributed by atoms with Crippen LogP contribution in [0.15, 0.2) is 0 Å². The van der Waals surface area contributed by atoms with E-state index < -0.39 is 6.04 Å². The zero-order valence-electron chi connectivity index (χ0n) is 7.39. The van der Waals surface area contributed by atoms with Gasteiger partial charge in [0.1, 0.15) is 5.78 Å². The van der Waals surface area contributed by atoms with Gasteiger partial charge in [0.05, 0.1) is 0 Å². The fourth-order valence-corrected chi connectivity index (χ4v) is 0.802. The van der Waals surface area contributed by atoms with Gasteiger partial charge in [-0.05, 0) is 6.92 Å². The van der Waals surface area contributed by atoms with Crippen molar-refractivity contribution in [3.8, 4) is 0 Å². The Morgan fingerprint density at radius 2 is 2.09 bits per heavy atom. The molecule has 1 atom stereocenters. The van der Waals surface area contributed by atoms with Crippen LogP contribution in [-0.4, -0.2) is 11.8 Å². The van der Waals surface area contributed by atoms with Crippen molar-refractivity contribution in [3.05, 3.63) is 5.73 Å². The van der Waals surface area contributed by atoms with Crippen molar-refractivity contribution in [1.29, 1.82) is 0 Å². The van der Waals surface area contributed by atoms with Crippen LogP contribution < -0.4 is 0 Å². The standard InChI is InChI=1S/C8H16NO.Y.H2/c1-3-4-5-6-8(9)7(2)10;;/h8-9H,3-6H2,1-2H3;;1H/q-1;;. The first-order valence-corrected chi connectivity index (χ1v) is 3.90. The van der Waals surface area contributed by atoms with Gasteiger partial charge < -0.3 is 10.5 Å². The van der Waals surface area contributed by atoms with Gasteiger partial charge in [-0.25, -0.2) is 0 Å². The summed E-state index contributed by atoms with van der Waals surface area (Å²) in [5.41, 5.74) is 7.26. The number of hydrogen-bond donors (Lipinski definition) is 0. The van der Waals surface area contributed by atoms with Crippen molar-refractivity contribution in [3.63, 3.8) is 0 Å². The molecule has 0 aromatic heterocycles. The molecule has 1 unspecified atom stereocenters. The van der Waals surface area contributed by atoms with Crippen LogP contribution in [0.5, 0.6) is 0 Å². The first-order chi connectivity index (χ1) is 4.68. The van der Waals surface area contributed by atoms with Crippen LogP contribution in [0.25, 0.3) is 5.73 Å². The number of rotatable bonds is 5. The Labute approximate surface area is 95.7 Å². The molecule has 0 aliphatic rings. The Hall–Kier alpha value is 0.734. The number of unbranched alkanes of at least 4 members (excludes halogenated alkanes) is 2. The van der Waals surface area contributed by atoms with E-state index in [9.17, 15) is 4.79 Å². The van der Waals surface area contributed by atoms with Gasteiger partial charge in [-0.15, -0.1) is 0 Å². The van der Waals surface area contributed by atoms with Crippen molar-refractivity contribution >= 4 is 5.78 Å². The number of Topliss-reactive ketones (excluding diaryl/α,β-unsaturated/α-hetero) is 1. The van der Waals surface area contributed by atoms with Crippen LogP contribution >= 0.6 is 0 Å². The van der Waals surface area contributed by atoms with E-state index in [1.807, 2.05) is 0 Å². The summed E-state index contributed by atoms with van der Waals surface area (Å²) >= 11 is 0. The van der Waals surface area contributed by atoms with E-state index in [-0.39, 0.29) is 39.9 Å². The first-order valence-electron chi connectivity index (χ1n) is 3.90. The van der Waals surface area contributed by atoms with E-state index in [2.05, 4.69) is 6.92 Å². The third kappa shape index (κ3) is 8.64. The topological polar surface area (TPSA) is 40.9 Å². The monoisotopic (exact) mass is 233 g/mol. The van der Waals surface area contributed by atoms with Gasteiger partial charge >= 0.3 is 0 Å². The van der Waals surface area contributed by atoms with Crippen LogP contribution in [0, 0.1) is 0 Å². The second-order valence-electron chi connectivity index (χ2n) is 2.66. The number of carbonyl (C=O) groups excluding carboxylic acids is 1. The molecule has 0 saturated carbocycles. The normalized spacial score (nSPS) is 11.9. The molecular weight excluding hydrogens is 215 g/mol. The van der Waals surface area contributed by atoms with Crippen LogP contribution in [0.2, 0.25) is 0 Å². The minimum Gasteiger partial charge on any atom is -0.668 e. The average molecular weight is 233 g/mol. The Morgan fingerprint density at radius 3 is 2.45 bits per heavy atom. The molecule has 0 aromatic carbocycles. The summed E-state index contributed by atoms with van der Waals surface area (Å²) in [5, 5.41) is 0. The molecule has 0 heterocycles. The van der Waals surface area contributed by atoms with Gasteiger partial charge in [-0.1, -0.05) is 38.6 Å². The maximum Gasteiger partial charge on any atom is 0.112 e. The molecule has 65 valence electrons. The summed E-state index contributed by atoms with van der Waals surface area (Å²) < 4.78 is 0. The van der Waals surface area contributed by atoms with Gasteiger partial charge in [0.2, 0.25) is 0 Å². The zero-order valence-corrected chi connectivity index (χ0v) is 10.2. The summed E-state index contributed by atoms with van der Waals surface area (Å²) in [4.78, 5) is 10.6. The fraction of sp³-hybridized carbons (Fsp3) is 0.875. The molecule has 0 fully saturated rings. The van der Waals surface area contributed by atoms with E-state index in [1.54, 1.807) is 0 Å². The van der Waals surface area contributed by atoms with Gasteiger partial charge in [-0.3, -0.25) is 0 Å². The second kappa shape index (κ2) is 8.83. The number of hydrogen-bond acceptors (Lipinski definition) is 1. The zero-order chi connectivity index (χ0) is 7.98. The van der Waals surface area contributed by atoms with Crippen molar-refractivity contribution in [1.82, 2.24) is 0 Å². The van der Waals surface area contributed by atoms with E-state index in [0.29, 0.717) is 0 Å². The average Bonchev–Trinajstić information content (AvgIpc) is 1.88. The molecule has 3 heteroatoms. The van der Waals surface area contributed by atoms with Gasteiger partial charge in [0.15, 0.2) is 0 Å². The van der Waals surface area contributed by atoms with Crippen molar-refractivity contribution in [2.75, 3.05) is 0 Å². The number of carbonyl (C=O) groups is 1. The minimum absolute atomic E-state index is 0. The third-order valence-electron chi connectivity index (χ3n) is 1.59. The Balaban J connectivity index is -0.000000405. The summed E-state index contributed by atoms with van der Waals surface area (Å²) in [6.07, 6.45) is 4.06. The molecular formula is C8H18NOY-. The smallest absolute Gasteiger partial charge is 0.112 e. The summed E-state index contributed by atoms with van der Waals surface area (Å²) in [6.45, 7) is 3.61. The van der Waals surface area contributed by atoms with Gasteiger partial charge in [0, 0.05) is 34.1 Å². The molecule has 2 nitrogen and oxygen atoms in total. The maximum absolute atomic E-state index is 10.6.